The average molecular weight is 438 g/mol. The molecule has 4 rings (SSSR count). The minimum absolute atomic E-state index is 0.0363. The Morgan fingerprint density at radius 2 is 2.12 bits per heavy atom. The van der Waals surface area contributed by atoms with E-state index >= 15 is 0 Å². The molecule has 1 aromatic carbocycles. The Balaban J connectivity index is 1.80. The van der Waals surface area contributed by atoms with E-state index in [-0.39, 0.29) is 17.0 Å². The highest BCUT2D eigenvalue weighted by molar-refractivity contribution is 6.18. The number of anilines is 2. The molecular weight excluding hydrogens is 414 g/mol. The molecule has 166 valence electrons. The zero-order chi connectivity index (χ0) is 22.8. The molecule has 7 nitrogen and oxygen atoms in total. The summed E-state index contributed by atoms with van der Waals surface area (Å²) in [6.45, 7) is 0.660. The number of nitrogens with one attached hydrogen (secondary N) is 1. The number of pyridine rings is 1. The van der Waals surface area contributed by atoms with Crippen LogP contribution in [-0.4, -0.2) is 34.3 Å². The highest BCUT2D eigenvalue weighted by Gasteiger charge is 2.25. The zero-order valence-electron chi connectivity index (χ0n) is 17.8. The number of nitrogens with two attached hydrogens (primary N) is 1. The van der Waals surface area contributed by atoms with E-state index in [1.807, 2.05) is 11.0 Å². The van der Waals surface area contributed by atoms with Crippen molar-refractivity contribution in [3.63, 3.8) is 0 Å². The van der Waals surface area contributed by atoms with Gasteiger partial charge >= 0.3 is 0 Å². The topological polar surface area (TPSA) is 89.1 Å². The normalized spacial score (nSPS) is 13.9. The molecule has 0 aliphatic carbocycles. The van der Waals surface area contributed by atoms with Gasteiger partial charge in [0.05, 0.1) is 17.5 Å². The van der Waals surface area contributed by atoms with Crippen molar-refractivity contribution in [1.29, 1.82) is 0 Å². The molecule has 0 spiro atoms. The van der Waals surface area contributed by atoms with Gasteiger partial charge in [0.15, 0.2) is 0 Å². The largest absolute Gasteiger partial charge is 0.404 e. The lowest BCUT2D eigenvalue weighted by atomic mass is 9.93. The summed E-state index contributed by atoms with van der Waals surface area (Å²) in [4.78, 5) is 18.4. The first-order valence-corrected chi connectivity index (χ1v) is 10.2. The molecule has 1 aliphatic heterocycles. The van der Waals surface area contributed by atoms with Crippen molar-refractivity contribution in [2.45, 2.75) is 19.3 Å². The highest BCUT2D eigenvalue weighted by Crippen LogP contribution is 2.41. The van der Waals surface area contributed by atoms with Crippen molar-refractivity contribution < 1.29 is 13.6 Å². The predicted octanol–water partition coefficient (Wildman–Crippen LogP) is 3.55. The first kappa shape index (κ1) is 21.5. The smallest absolute Gasteiger partial charge is 0.264 e. The molecule has 3 aromatic rings. The molecule has 0 fully saturated rings. The minimum atomic E-state index is -2.63. The molecule has 0 bridgehead atoms. The average Bonchev–Trinajstić information content (AvgIpc) is 3.24. The van der Waals surface area contributed by atoms with Crippen LogP contribution < -0.4 is 16.0 Å². The Bertz CT molecular complexity index is 1190. The summed E-state index contributed by atoms with van der Waals surface area (Å²) in [6.07, 6.45) is 5.15. The molecule has 2 aromatic heterocycles. The van der Waals surface area contributed by atoms with Crippen LogP contribution in [0.5, 0.6) is 0 Å². The minimum Gasteiger partial charge on any atom is -0.404 e. The number of fused-ring (bicyclic) bond motifs is 1. The van der Waals surface area contributed by atoms with E-state index < -0.39 is 6.43 Å². The number of hydrogen-bond acceptors (Lipinski definition) is 5. The van der Waals surface area contributed by atoms with E-state index in [2.05, 4.69) is 15.4 Å². The quantitative estimate of drug-likeness (QED) is 0.595. The Morgan fingerprint density at radius 3 is 2.78 bits per heavy atom. The molecule has 3 heterocycles. The molecule has 3 N–H and O–H groups in total. The summed E-state index contributed by atoms with van der Waals surface area (Å²) in [7, 11) is 3.28. The summed E-state index contributed by atoms with van der Waals surface area (Å²) in [5, 5.41) is 6.67. The monoisotopic (exact) mass is 438 g/mol. The Morgan fingerprint density at radius 1 is 1.31 bits per heavy atom. The van der Waals surface area contributed by atoms with Crippen LogP contribution in [0.25, 0.3) is 16.7 Å². The number of benzene rings is 1. The third kappa shape index (κ3) is 3.93. The molecule has 0 saturated carbocycles. The third-order valence-corrected chi connectivity index (χ3v) is 5.59. The van der Waals surface area contributed by atoms with Gasteiger partial charge in [-0.05, 0) is 48.2 Å². The Kier molecular flexibility index (Phi) is 5.89. The van der Waals surface area contributed by atoms with E-state index in [0.29, 0.717) is 23.4 Å². The first-order valence-electron chi connectivity index (χ1n) is 10.2. The number of likely N-dealkylation sites (N-methyl/N-ethyl adjacent to an activating group) is 1. The van der Waals surface area contributed by atoms with Gasteiger partial charge in [0.1, 0.15) is 0 Å². The van der Waals surface area contributed by atoms with Gasteiger partial charge in [0.25, 0.3) is 12.3 Å². The number of carbonyl (C=O) groups excluding carboxylic acids is 1. The second-order valence-electron chi connectivity index (χ2n) is 7.59. The van der Waals surface area contributed by atoms with Crippen molar-refractivity contribution in [2.75, 3.05) is 18.5 Å². The van der Waals surface area contributed by atoms with Crippen molar-refractivity contribution in [1.82, 2.24) is 20.1 Å². The van der Waals surface area contributed by atoms with Crippen molar-refractivity contribution in [3.8, 4) is 11.1 Å². The number of alkyl halides is 2. The maximum absolute atomic E-state index is 14.0. The molecule has 1 aliphatic rings. The molecule has 9 heteroatoms. The van der Waals surface area contributed by atoms with E-state index in [9.17, 15) is 13.6 Å². The molecule has 32 heavy (non-hydrogen) atoms. The molecule has 1 amide bonds. The van der Waals surface area contributed by atoms with Crippen molar-refractivity contribution >= 4 is 22.9 Å². The summed E-state index contributed by atoms with van der Waals surface area (Å²) in [5.41, 5.74) is 9.90. The number of carbonyl (C=O) groups is 1. The van der Waals surface area contributed by atoms with Gasteiger partial charge in [0, 0.05) is 61.7 Å². The maximum Gasteiger partial charge on any atom is 0.264 e. The predicted molar refractivity (Wildman–Crippen MR) is 119 cm³/mol. The van der Waals surface area contributed by atoms with Crippen LogP contribution >= 0.6 is 0 Å². The standard InChI is InChI=1S/C23H24F2N6O/c1-27-23(32)19(11-26)20-9-16(5-6-28-20)31-7-3-4-14-8-17(15-12-29-30(2)13-15)18(22(24)25)10-21(14)31/h5-6,8-13,22H,3-4,7,26H2,1-2H3,(H,27,32). The number of aromatic nitrogens is 3. The second-order valence-corrected chi connectivity index (χ2v) is 7.59. The van der Waals surface area contributed by atoms with Crippen LogP contribution in [0.1, 0.15) is 29.7 Å². The summed E-state index contributed by atoms with van der Waals surface area (Å²) in [6, 6.07) is 6.96. The number of amides is 1. The summed E-state index contributed by atoms with van der Waals surface area (Å²) < 4.78 is 29.7. The van der Waals surface area contributed by atoms with Crippen molar-refractivity contribution in [3.05, 3.63) is 65.9 Å². The highest BCUT2D eigenvalue weighted by atomic mass is 19.3. The Hall–Kier alpha value is -3.75. The van der Waals surface area contributed by atoms with E-state index in [0.717, 1.165) is 29.8 Å². The van der Waals surface area contributed by atoms with Gasteiger partial charge < -0.3 is 16.0 Å². The van der Waals surface area contributed by atoms with E-state index in [4.69, 9.17) is 5.73 Å². The van der Waals surface area contributed by atoms with E-state index in [1.54, 1.807) is 48.5 Å². The van der Waals surface area contributed by atoms with Crippen LogP contribution in [0.4, 0.5) is 20.2 Å². The van der Waals surface area contributed by atoms with Gasteiger partial charge in [-0.1, -0.05) is 0 Å². The molecule has 0 radical (unpaired) electrons. The van der Waals surface area contributed by atoms with Gasteiger partial charge in [-0.25, -0.2) is 8.78 Å². The fourth-order valence-corrected chi connectivity index (χ4v) is 4.05. The summed E-state index contributed by atoms with van der Waals surface area (Å²) in [5.74, 6) is -0.350. The first-order chi connectivity index (χ1) is 15.4. The zero-order valence-corrected chi connectivity index (χ0v) is 17.8. The van der Waals surface area contributed by atoms with Gasteiger partial charge in [-0.3, -0.25) is 14.5 Å². The lowest BCUT2D eigenvalue weighted by Gasteiger charge is -2.32. The van der Waals surface area contributed by atoms with Crippen LogP contribution in [0, 0.1) is 0 Å². The van der Waals surface area contributed by atoms with Gasteiger partial charge in [0.2, 0.25) is 0 Å². The van der Waals surface area contributed by atoms with Crippen LogP contribution in [0.15, 0.2) is 49.1 Å². The van der Waals surface area contributed by atoms with Gasteiger partial charge in [-0.15, -0.1) is 0 Å². The lowest BCUT2D eigenvalue weighted by Crippen LogP contribution is -2.25. The number of rotatable bonds is 5. The Labute approximate surface area is 184 Å². The van der Waals surface area contributed by atoms with Crippen LogP contribution in [0.2, 0.25) is 0 Å². The van der Waals surface area contributed by atoms with Crippen molar-refractivity contribution in [2.24, 2.45) is 12.8 Å². The van der Waals surface area contributed by atoms with E-state index in [1.165, 1.54) is 13.2 Å². The molecule has 0 saturated heterocycles. The van der Waals surface area contributed by atoms with Crippen LogP contribution in [-0.2, 0) is 18.3 Å². The number of hydrogen-bond donors (Lipinski definition) is 2. The SMILES string of the molecule is CNC(=O)C(=CN)c1cc(N2CCCc3cc(-c4cnn(C)c4)c(C(F)F)cc32)ccn1. The number of halogens is 2. The fraction of sp³-hybridized carbons (Fsp3) is 0.261. The van der Waals surface area contributed by atoms with Crippen LogP contribution in [0.3, 0.4) is 0 Å². The van der Waals surface area contributed by atoms with Gasteiger partial charge in [-0.2, -0.15) is 5.10 Å². The molecule has 0 unspecified atom stereocenters. The number of nitrogens with zero attached hydrogens (tertiary/aromatic N) is 4. The maximum atomic E-state index is 14.0. The lowest BCUT2D eigenvalue weighted by molar-refractivity contribution is -0.115. The third-order valence-electron chi connectivity index (χ3n) is 5.59. The second kappa shape index (κ2) is 8.78. The number of aryl methyl sites for hydroxylation is 2. The fourth-order valence-electron chi connectivity index (χ4n) is 4.05. The summed E-state index contributed by atoms with van der Waals surface area (Å²) >= 11 is 0. The molecular formula is C23H24F2N6O. The molecule has 0 atom stereocenters.